The normalized spacial score (nSPS) is 24.7. The minimum absolute atomic E-state index is 0.00694. The first-order chi connectivity index (χ1) is 4.34. The van der Waals surface area contributed by atoms with Crippen LogP contribution in [0.4, 0.5) is 0 Å². The predicted octanol–water partition coefficient (Wildman–Crippen LogP) is 1.95. The molecular formula is C8H16O. The molecule has 0 aliphatic heterocycles. The lowest BCUT2D eigenvalue weighted by molar-refractivity contribution is 0.107. The molecule has 1 fully saturated rings. The highest BCUT2D eigenvalue weighted by Gasteiger charge is 2.20. The first kappa shape index (κ1) is 7.07. The van der Waals surface area contributed by atoms with Crippen LogP contribution in [0.2, 0.25) is 0 Å². The second-order valence-corrected chi connectivity index (χ2v) is 3.02. The molecule has 0 aromatic heterocycles. The van der Waals surface area contributed by atoms with Crippen LogP contribution in [0, 0.1) is 5.92 Å². The van der Waals surface area contributed by atoms with Crippen LogP contribution in [-0.4, -0.2) is 11.2 Å². The Balaban J connectivity index is 2.24. The van der Waals surface area contributed by atoms with Gasteiger partial charge in [0.05, 0.1) is 6.10 Å². The van der Waals surface area contributed by atoms with E-state index in [1.165, 1.54) is 25.7 Å². The van der Waals surface area contributed by atoms with Gasteiger partial charge in [-0.2, -0.15) is 0 Å². The average molecular weight is 128 g/mol. The largest absolute Gasteiger partial charge is 0.393 e. The number of aliphatic hydroxyl groups is 1. The number of hydrogen-bond donors (Lipinski definition) is 1. The summed E-state index contributed by atoms with van der Waals surface area (Å²) in [5, 5.41) is 9.36. The van der Waals surface area contributed by atoms with Gasteiger partial charge < -0.3 is 5.11 Å². The van der Waals surface area contributed by atoms with Crippen LogP contribution in [0.1, 0.15) is 39.0 Å². The van der Waals surface area contributed by atoms with Gasteiger partial charge in [-0.3, -0.25) is 0 Å². The van der Waals surface area contributed by atoms with Crippen molar-refractivity contribution in [1.29, 1.82) is 0 Å². The molecule has 1 nitrogen and oxygen atoms in total. The molecule has 0 aromatic rings. The summed E-state index contributed by atoms with van der Waals surface area (Å²) in [6.45, 7) is 2.06. The van der Waals surface area contributed by atoms with Crippen LogP contribution >= 0.6 is 0 Å². The highest BCUT2D eigenvalue weighted by molar-refractivity contribution is 4.73. The summed E-state index contributed by atoms with van der Waals surface area (Å²) in [4.78, 5) is 0. The van der Waals surface area contributed by atoms with Gasteiger partial charge in [-0.15, -0.1) is 0 Å². The van der Waals surface area contributed by atoms with Crippen molar-refractivity contribution in [3.63, 3.8) is 0 Å². The molecule has 1 aliphatic carbocycles. The fraction of sp³-hybridized carbons (Fsp3) is 1.00. The predicted molar refractivity (Wildman–Crippen MR) is 38.3 cm³/mol. The van der Waals surface area contributed by atoms with E-state index in [0.29, 0.717) is 5.92 Å². The summed E-state index contributed by atoms with van der Waals surface area (Å²) in [5.41, 5.74) is 0. The molecule has 0 unspecified atom stereocenters. The summed E-state index contributed by atoms with van der Waals surface area (Å²) in [5.74, 6) is 0.634. The highest BCUT2D eigenvalue weighted by Crippen LogP contribution is 2.28. The Hall–Kier alpha value is -0.0400. The molecule has 1 saturated carbocycles. The third-order valence-electron chi connectivity index (χ3n) is 2.36. The second-order valence-electron chi connectivity index (χ2n) is 3.02. The van der Waals surface area contributed by atoms with Gasteiger partial charge in [0.15, 0.2) is 0 Å². The Labute approximate surface area is 57.1 Å². The summed E-state index contributed by atoms with van der Waals surface area (Å²) < 4.78 is 0. The standard InChI is InChI=1S/C8H16O/c1-2-8(9)7-5-3-4-6-7/h7-9H,2-6H2,1H3/t8-/m1/s1. The van der Waals surface area contributed by atoms with E-state index in [-0.39, 0.29) is 6.10 Å². The maximum absolute atomic E-state index is 9.36. The quantitative estimate of drug-likeness (QED) is 0.602. The summed E-state index contributed by atoms with van der Waals surface area (Å²) in [7, 11) is 0. The zero-order chi connectivity index (χ0) is 6.69. The van der Waals surface area contributed by atoms with Gasteiger partial charge in [-0.25, -0.2) is 0 Å². The van der Waals surface area contributed by atoms with E-state index in [2.05, 4.69) is 6.92 Å². The maximum atomic E-state index is 9.36. The molecule has 1 heteroatoms. The maximum Gasteiger partial charge on any atom is 0.0565 e. The van der Waals surface area contributed by atoms with Crippen molar-refractivity contribution in [3.8, 4) is 0 Å². The van der Waals surface area contributed by atoms with E-state index < -0.39 is 0 Å². The van der Waals surface area contributed by atoms with Gasteiger partial charge >= 0.3 is 0 Å². The third kappa shape index (κ3) is 1.68. The van der Waals surface area contributed by atoms with Crippen molar-refractivity contribution < 1.29 is 5.11 Å². The topological polar surface area (TPSA) is 20.2 Å². The Morgan fingerprint density at radius 1 is 1.44 bits per heavy atom. The first-order valence-corrected chi connectivity index (χ1v) is 4.02. The molecule has 0 radical (unpaired) electrons. The molecule has 9 heavy (non-hydrogen) atoms. The van der Waals surface area contributed by atoms with Crippen molar-refractivity contribution >= 4 is 0 Å². The van der Waals surface area contributed by atoms with Gasteiger partial charge in [0.1, 0.15) is 0 Å². The fourth-order valence-electron chi connectivity index (χ4n) is 1.68. The van der Waals surface area contributed by atoms with Crippen LogP contribution in [-0.2, 0) is 0 Å². The summed E-state index contributed by atoms with van der Waals surface area (Å²) in [6, 6.07) is 0. The molecule has 54 valence electrons. The van der Waals surface area contributed by atoms with E-state index in [9.17, 15) is 5.11 Å². The first-order valence-electron chi connectivity index (χ1n) is 4.02. The van der Waals surface area contributed by atoms with Crippen molar-refractivity contribution in [2.24, 2.45) is 5.92 Å². The lowest BCUT2D eigenvalue weighted by Gasteiger charge is -2.14. The lowest BCUT2D eigenvalue weighted by Crippen LogP contribution is -2.15. The third-order valence-corrected chi connectivity index (χ3v) is 2.36. The van der Waals surface area contributed by atoms with E-state index in [1.54, 1.807) is 0 Å². The molecule has 1 rings (SSSR count). The van der Waals surface area contributed by atoms with Crippen molar-refractivity contribution in [1.82, 2.24) is 0 Å². The number of rotatable bonds is 2. The zero-order valence-corrected chi connectivity index (χ0v) is 6.14. The molecule has 0 amide bonds. The Bertz CT molecular complexity index is 74.6. The van der Waals surface area contributed by atoms with Gasteiger partial charge in [0.2, 0.25) is 0 Å². The zero-order valence-electron chi connectivity index (χ0n) is 6.14. The van der Waals surface area contributed by atoms with Crippen LogP contribution in [0.25, 0.3) is 0 Å². The van der Waals surface area contributed by atoms with E-state index >= 15 is 0 Å². The molecule has 0 aromatic carbocycles. The van der Waals surface area contributed by atoms with Crippen LogP contribution in [0.3, 0.4) is 0 Å². The van der Waals surface area contributed by atoms with E-state index in [1.807, 2.05) is 0 Å². The van der Waals surface area contributed by atoms with Crippen molar-refractivity contribution in [3.05, 3.63) is 0 Å². The van der Waals surface area contributed by atoms with Gasteiger partial charge in [0, 0.05) is 0 Å². The molecule has 1 atom stereocenters. The summed E-state index contributed by atoms with van der Waals surface area (Å²) >= 11 is 0. The number of aliphatic hydroxyl groups excluding tert-OH is 1. The van der Waals surface area contributed by atoms with Crippen LogP contribution in [0.5, 0.6) is 0 Å². The van der Waals surface area contributed by atoms with Gasteiger partial charge in [-0.1, -0.05) is 19.8 Å². The molecule has 0 heterocycles. The SMILES string of the molecule is CC[C@@H](O)C1CCCC1. The van der Waals surface area contributed by atoms with Crippen LogP contribution < -0.4 is 0 Å². The van der Waals surface area contributed by atoms with Gasteiger partial charge in [0.25, 0.3) is 0 Å². The molecule has 1 N–H and O–H groups in total. The molecule has 0 spiro atoms. The van der Waals surface area contributed by atoms with Crippen molar-refractivity contribution in [2.75, 3.05) is 0 Å². The molecular weight excluding hydrogens is 112 g/mol. The minimum atomic E-state index is -0.00694. The fourth-order valence-corrected chi connectivity index (χ4v) is 1.68. The molecule has 0 saturated heterocycles. The Kier molecular flexibility index (Phi) is 2.52. The van der Waals surface area contributed by atoms with E-state index in [0.717, 1.165) is 6.42 Å². The van der Waals surface area contributed by atoms with E-state index in [4.69, 9.17) is 0 Å². The number of hydrogen-bond acceptors (Lipinski definition) is 1. The Morgan fingerprint density at radius 2 is 2.00 bits per heavy atom. The highest BCUT2D eigenvalue weighted by atomic mass is 16.3. The minimum Gasteiger partial charge on any atom is -0.393 e. The van der Waals surface area contributed by atoms with Crippen LogP contribution in [0.15, 0.2) is 0 Å². The second kappa shape index (κ2) is 3.21. The molecule has 0 bridgehead atoms. The summed E-state index contributed by atoms with van der Waals surface area (Å²) in [6.07, 6.45) is 6.12. The smallest absolute Gasteiger partial charge is 0.0565 e. The lowest BCUT2D eigenvalue weighted by atomic mass is 9.99. The monoisotopic (exact) mass is 128 g/mol. The average Bonchev–Trinajstić information content (AvgIpc) is 2.37. The molecule has 1 aliphatic rings. The van der Waals surface area contributed by atoms with Gasteiger partial charge in [-0.05, 0) is 25.2 Å². The Morgan fingerprint density at radius 3 is 2.44 bits per heavy atom. The van der Waals surface area contributed by atoms with Crippen molar-refractivity contribution in [2.45, 2.75) is 45.1 Å².